The van der Waals surface area contributed by atoms with Crippen molar-refractivity contribution in [2.45, 2.75) is 62.7 Å². The number of primary amides is 2. The number of phenolic OH excluding ortho intramolecular Hbond substituents is 1. The number of aliphatic carboxylic acids is 1. The summed E-state index contributed by atoms with van der Waals surface area (Å²) in [4.78, 5) is 79.9. The van der Waals surface area contributed by atoms with Crippen molar-refractivity contribution in [1.29, 1.82) is 0 Å². The molecule has 0 aliphatic heterocycles. The SMILES string of the molecule is NC(=O)CCC(NC(=O)C(CCC(N)=O)NC(=O)C(Cc1cnc[nH]1)NC(=O)C(N)Cc1ccc(O)cc1)C(=O)O. The number of carbonyl (C=O) groups excluding carboxylic acids is 5. The fraction of sp³-hybridized carbons (Fsp3) is 0.400. The van der Waals surface area contributed by atoms with Crippen LogP contribution in [0.25, 0.3) is 0 Å². The molecule has 1 aromatic heterocycles. The maximum Gasteiger partial charge on any atom is 0.326 e. The highest BCUT2D eigenvalue weighted by atomic mass is 16.4. The van der Waals surface area contributed by atoms with Gasteiger partial charge in [0.1, 0.15) is 23.9 Å². The topological polar surface area (TPSA) is 286 Å². The first-order valence-corrected chi connectivity index (χ1v) is 12.6. The second-order valence-electron chi connectivity index (χ2n) is 9.29. The van der Waals surface area contributed by atoms with Gasteiger partial charge in [-0.15, -0.1) is 0 Å². The lowest BCUT2D eigenvalue weighted by Gasteiger charge is -2.25. The summed E-state index contributed by atoms with van der Waals surface area (Å²) < 4.78 is 0. The number of carboxylic acids is 1. The van der Waals surface area contributed by atoms with Gasteiger partial charge in [0.15, 0.2) is 0 Å². The number of nitrogens with two attached hydrogens (primary N) is 3. The van der Waals surface area contributed by atoms with Gasteiger partial charge in [0.2, 0.25) is 29.5 Å². The monoisotopic (exact) mass is 574 g/mol. The van der Waals surface area contributed by atoms with E-state index in [1.54, 1.807) is 12.1 Å². The van der Waals surface area contributed by atoms with Gasteiger partial charge in [-0.2, -0.15) is 0 Å². The minimum absolute atomic E-state index is 0.0422. The molecule has 1 heterocycles. The van der Waals surface area contributed by atoms with Crippen molar-refractivity contribution in [2.75, 3.05) is 0 Å². The first kappa shape index (κ1) is 32.2. The molecule has 4 atom stereocenters. The van der Waals surface area contributed by atoms with Gasteiger partial charge in [0, 0.05) is 31.2 Å². The summed E-state index contributed by atoms with van der Waals surface area (Å²) in [5, 5.41) is 26.1. The van der Waals surface area contributed by atoms with E-state index >= 15 is 0 Å². The second-order valence-corrected chi connectivity index (χ2v) is 9.29. The van der Waals surface area contributed by atoms with Crippen molar-refractivity contribution in [3.8, 4) is 5.75 Å². The smallest absolute Gasteiger partial charge is 0.326 e. The molecule has 0 radical (unpaired) electrons. The molecule has 16 nitrogen and oxygen atoms in total. The fourth-order valence-electron chi connectivity index (χ4n) is 3.73. The van der Waals surface area contributed by atoms with E-state index in [-0.39, 0.29) is 44.3 Å². The van der Waals surface area contributed by atoms with Gasteiger partial charge >= 0.3 is 5.97 Å². The predicted molar refractivity (Wildman–Crippen MR) is 142 cm³/mol. The predicted octanol–water partition coefficient (Wildman–Crippen LogP) is -2.70. The number of rotatable bonds is 17. The van der Waals surface area contributed by atoms with E-state index in [1.165, 1.54) is 24.7 Å². The minimum Gasteiger partial charge on any atom is -0.508 e. The van der Waals surface area contributed by atoms with E-state index in [0.29, 0.717) is 11.3 Å². The molecule has 5 amide bonds. The van der Waals surface area contributed by atoms with Gasteiger partial charge < -0.3 is 48.3 Å². The minimum atomic E-state index is -1.50. The Morgan fingerprint density at radius 1 is 0.805 bits per heavy atom. The third kappa shape index (κ3) is 11.3. The van der Waals surface area contributed by atoms with Crippen LogP contribution in [0.2, 0.25) is 0 Å². The lowest BCUT2D eigenvalue weighted by molar-refractivity contribution is -0.142. The summed E-state index contributed by atoms with van der Waals surface area (Å²) in [6.45, 7) is 0. The number of amides is 5. The molecule has 0 bridgehead atoms. The number of H-pyrrole nitrogens is 1. The number of nitrogens with zero attached hydrogens (tertiary/aromatic N) is 1. The van der Waals surface area contributed by atoms with Crippen molar-refractivity contribution in [2.24, 2.45) is 17.2 Å². The van der Waals surface area contributed by atoms with Crippen LogP contribution in [0, 0.1) is 0 Å². The summed E-state index contributed by atoms with van der Waals surface area (Å²) in [7, 11) is 0. The number of benzene rings is 1. The Hall–Kier alpha value is -4.99. The molecule has 0 saturated carbocycles. The number of phenols is 1. The van der Waals surface area contributed by atoms with Crippen molar-refractivity contribution >= 4 is 35.5 Å². The molecular weight excluding hydrogens is 540 g/mol. The maximum atomic E-state index is 13.3. The number of carbonyl (C=O) groups is 6. The van der Waals surface area contributed by atoms with Gasteiger partial charge in [0.05, 0.1) is 12.4 Å². The van der Waals surface area contributed by atoms with Crippen LogP contribution in [0.4, 0.5) is 0 Å². The molecule has 222 valence electrons. The number of aromatic amines is 1. The first-order chi connectivity index (χ1) is 19.3. The van der Waals surface area contributed by atoms with Crippen LogP contribution in [0.15, 0.2) is 36.8 Å². The molecule has 2 aromatic rings. The number of carboxylic acid groups (broad SMARTS) is 1. The zero-order chi connectivity index (χ0) is 30.5. The maximum absolute atomic E-state index is 13.3. The molecule has 2 rings (SSSR count). The quantitative estimate of drug-likeness (QED) is 0.0941. The van der Waals surface area contributed by atoms with E-state index in [1.807, 2.05) is 0 Å². The highest BCUT2D eigenvalue weighted by Crippen LogP contribution is 2.11. The molecule has 1 aromatic carbocycles. The van der Waals surface area contributed by atoms with Crippen molar-refractivity contribution in [1.82, 2.24) is 25.9 Å². The highest BCUT2D eigenvalue weighted by molar-refractivity contribution is 5.94. The number of aromatic nitrogens is 2. The molecule has 4 unspecified atom stereocenters. The Balaban J connectivity index is 2.19. The Morgan fingerprint density at radius 3 is 1.88 bits per heavy atom. The van der Waals surface area contributed by atoms with Crippen molar-refractivity contribution in [3.63, 3.8) is 0 Å². The second kappa shape index (κ2) is 15.6. The molecule has 0 spiro atoms. The molecule has 0 fully saturated rings. The van der Waals surface area contributed by atoms with E-state index in [0.717, 1.165) is 0 Å². The molecule has 16 heteroatoms. The third-order valence-electron chi connectivity index (χ3n) is 5.95. The lowest BCUT2D eigenvalue weighted by atomic mass is 10.0. The summed E-state index contributed by atoms with van der Waals surface area (Å²) >= 11 is 0. The Labute approximate surface area is 234 Å². The highest BCUT2D eigenvalue weighted by Gasteiger charge is 2.31. The zero-order valence-electron chi connectivity index (χ0n) is 22.0. The fourth-order valence-corrected chi connectivity index (χ4v) is 3.73. The van der Waals surface area contributed by atoms with E-state index in [2.05, 4.69) is 25.9 Å². The van der Waals surface area contributed by atoms with Gasteiger partial charge in [-0.1, -0.05) is 12.1 Å². The molecule has 41 heavy (non-hydrogen) atoms. The molecular formula is C25H34N8O8. The number of imidazole rings is 1. The van der Waals surface area contributed by atoms with Gasteiger partial charge in [0.25, 0.3) is 0 Å². The van der Waals surface area contributed by atoms with Crippen molar-refractivity contribution in [3.05, 3.63) is 48.0 Å². The number of aromatic hydroxyl groups is 1. The first-order valence-electron chi connectivity index (χ1n) is 12.6. The summed E-state index contributed by atoms with van der Waals surface area (Å²) in [6.07, 6.45) is 1.58. The average Bonchev–Trinajstić information content (AvgIpc) is 3.42. The third-order valence-corrected chi connectivity index (χ3v) is 5.95. The van der Waals surface area contributed by atoms with Crippen LogP contribution in [-0.2, 0) is 41.6 Å². The Morgan fingerprint density at radius 2 is 1.34 bits per heavy atom. The summed E-state index contributed by atoms with van der Waals surface area (Å²) in [5.74, 6) is -5.42. The number of hydrogen-bond acceptors (Lipinski definition) is 9. The normalized spacial score (nSPS) is 13.7. The van der Waals surface area contributed by atoms with E-state index in [4.69, 9.17) is 17.2 Å². The molecule has 0 aliphatic rings. The van der Waals surface area contributed by atoms with Crippen LogP contribution in [-0.4, -0.2) is 79.9 Å². The van der Waals surface area contributed by atoms with E-state index < -0.39 is 59.7 Å². The standard InChI is InChI=1S/C25H34N8O8/c26-16(9-13-1-3-15(34)4-2-13)22(37)33-19(10-14-11-29-12-30-14)24(39)31-17(5-7-20(27)35)23(38)32-18(25(40)41)6-8-21(28)36/h1-4,11-12,16-19,34H,5-10,26H2,(H2,27,35)(H2,28,36)(H,29,30)(H,31,39)(H,32,38)(H,33,37)(H,40,41). The Kier molecular flexibility index (Phi) is 12.2. The molecule has 0 aliphatic carbocycles. The van der Waals surface area contributed by atoms with Crippen LogP contribution < -0.4 is 33.2 Å². The van der Waals surface area contributed by atoms with Crippen LogP contribution in [0.5, 0.6) is 5.75 Å². The Bertz CT molecular complexity index is 1220. The van der Waals surface area contributed by atoms with Gasteiger partial charge in [-0.25, -0.2) is 9.78 Å². The van der Waals surface area contributed by atoms with Gasteiger partial charge in [-0.05, 0) is 37.0 Å². The van der Waals surface area contributed by atoms with Gasteiger partial charge in [-0.3, -0.25) is 24.0 Å². The number of hydrogen-bond donors (Lipinski definition) is 9. The largest absolute Gasteiger partial charge is 0.508 e. The zero-order valence-corrected chi connectivity index (χ0v) is 22.0. The summed E-state index contributed by atoms with van der Waals surface area (Å²) in [5.41, 5.74) is 17.4. The van der Waals surface area contributed by atoms with E-state index in [9.17, 15) is 39.0 Å². The lowest BCUT2D eigenvalue weighted by Crippen LogP contribution is -2.58. The van der Waals surface area contributed by atoms with Crippen molar-refractivity contribution < 1.29 is 39.0 Å². The molecule has 12 N–H and O–H groups in total. The average molecular weight is 575 g/mol. The van der Waals surface area contributed by atoms with Crippen LogP contribution >= 0.6 is 0 Å². The van der Waals surface area contributed by atoms with Crippen LogP contribution in [0.1, 0.15) is 36.9 Å². The summed E-state index contributed by atoms with van der Waals surface area (Å²) in [6, 6.07) is 0.803. The van der Waals surface area contributed by atoms with Crippen LogP contribution in [0.3, 0.4) is 0 Å². The molecule has 0 saturated heterocycles. The number of nitrogens with one attached hydrogen (secondary N) is 4.